The Bertz CT molecular complexity index is 741. The van der Waals surface area contributed by atoms with E-state index in [4.69, 9.17) is 0 Å². The minimum atomic E-state index is -0.973. The van der Waals surface area contributed by atoms with Gasteiger partial charge in [-0.2, -0.15) is 0 Å². The van der Waals surface area contributed by atoms with Gasteiger partial charge in [0.15, 0.2) is 0 Å². The molecule has 1 aliphatic rings. The molecule has 26 heavy (non-hydrogen) atoms. The standard InChI is InChI=1S/C19H23FN4O2/c1-23(17(25)8-5-15-3-6-16(20)7-4-15)13-19(26)9-12-24(14-19)18-21-10-2-11-22-18/h2-4,6-7,10-11,26H,5,8-9,12-14H2,1H3/t19-/m0/s1. The quantitative estimate of drug-likeness (QED) is 0.850. The number of anilines is 1. The highest BCUT2D eigenvalue weighted by Crippen LogP contribution is 2.25. The van der Waals surface area contributed by atoms with Crippen LogP contribution in [-0.4, -0.2) is 58.2 Å². The number of carbonyl (C=O) groups is 1. The lowest BCUT2D eigenvalue weighted by atomic mass is 10.0. The van der Waals surface area contributed by atoms with Gasteiger partial charge >= 0.3 is 0 Å². The van der Waals surface area contributed by atoms with Crippen molar-refractivity contribution in [1.29, 1.82) is 0 Å². The molecule has 1 aliphatic heterocycles. The molecule has 0 radical (unpaired) electrons. The third-order valence-electron chi connectivity index (χ3n) is 4.67. The number of β-amino-alcohol motifs (C(OH)–C–C–N with tert-alkyl or cyclic N) is 1. The van der Waals surface area contributed by atoms with Crippen LogP contribution in [0.15, 0.2) is 42.7 Å². The van der Waals surface area contributed by atoms with Crippen LogP contribution in [0, 0.1) is 5.82 Å². The first-order valence-corrected chi connectivity index (χ1v) is 8.68. The van der Waals surface area contributed by atoms with E-state index in [0.29, 0.717) is 38.3 Å². The number of aryl methyl sites for hydroxylation is 1. The van der Waals surface area contributed by atoms with E-state index in [2.05, 4.69) is 9.97 Å². The summed E-state index contributed by atoms with van der Waals surface area (Å²) < 4.78 is 12.9. The molecular weight excluding hydrogens is 335 g/mol. The first-order valence-electron chi connectivity index (χ1n) is 8.68. The number of carbonyl (C=O) groups excluding carboxylic acids is 1. The average molecular weight is 358 g/mol. The van der Waals surface area contributed by atoms with Crippen LogP contribution in [0.4, 0.5) is 10.3 Å². The summed E-state index contributed by atoms with van der Waals surface area (Å²) in [6.45, 7) is 1.31. The molecule has 1 fully saturated rings. The van der Waals surface area contributed by atoms with E-state index in [1.165, 1.54) is 12.1 Å². The number of likely N-dealkylation sites (N-methyl/N-ethyl adjacent to an activating group) is 1. The fourth-order valence-electron chi connectivity index (χ4n) is 3.23. The summed E-state index contributed by atoms with van der Waals surface area (Å²) in [4.78, 5) is 24.3. The summed E-state index contributed by atoms with van der Waals surface area (Å²) in [6, 6.07) is 7.91. The van der Waals surface area contributed by atoms with E-state index >= 15 is 0 Å². The zero-order valence-corrected chi connectivity index (χ0v) is 14.8. The van der Waals surface area contributed by atoms with Gasteiger partial charge in [0.1, 0.15) is 11.4 Å². The van der Waals surface area contributed by atoms with Crippen molar-refractivity contribution in [2.75, 3.05) is 31.6 Å². The van der Waals surface area contributed by atoms with Crippen molar-refractivity contribution in [3.05, 3.63) is 54.1 Å². The molecule has 0 bridgehead atoms. The van der Waals surface area contributed by atoms with Gasteiger partial charge < -0.3 is 14.9 Å². The molecule has 7 heteroatoms. The third kappa shape index (κ3) is 4.54. The average Bonchev–Trinajstić information content (AvgIpc) is 3.03. The van der Waals surface area contributed by atoms with Gasteiger partial charge in [0, 0.05) is 32.4 Å². The molecule has 1 atom stereocenters. The molecular formula is C19H23FN4O2. The molecule has 1 amide bonds. The van der Waals surface area contributed by atoms with Crippen molar-refractivity contribution in [1.82, 2.24) is 14.9 Å². The van der Waals surface area contributed by atoms with Gasteiger partial charge in [-0.3, -0.25) is 4.79 Å². The molecule has 0 spiro atoms. The van der Waals surface area contributed by atoms with E-state index < -0.39 is 5.60 Å². The largest absolute Gasteiger partial charge is 0.386 e. The Morgan fingerprint density at radius 2 is 2.00 bits per heavy atom. The van der Waals surface area contributed by atoms with Crippen molar-refractivity contribution in [3.63, 3.8) is 0 Å². The molecule has 1 aromatic heterocycles. The summed E-state index contributed by atoms with van der Waals surface area (Å²) in [5.74, 6) is 0.262. The van der Waals surface area contributed by atoms with Gasteiger partial charge in [0.2, 0.25) is 11.9 Å². The van der Waals surface area contributed by atoms with Crippen molar-refractivity contribution in [2.24, 2.45) is 0 Å². The zero-order valence-electron chi connectivity index (χ0n) is 14.8. The topological polar surface area (TPSA) is 69.6 Å². The predicted octanol–water partition coefficient (Wildman–Crippen LogP) is 1.65. The van der Waals surface area contributed by atoms with Crippen molar-refractivity contribution < 1.29 is 14.3 Å². The fourth-order valence-corrected chi connectivity index (χ4v) is 3.23. The van der Waals surface area contributed by atoms with Crippen LogP contribution < -0.4 is 4.90 Å². The molecule has 1 saturated heterocycles. The van der Waals surface area contributed by atoms with Crippen LogP contribution in [0.5, 0.6) is 0 Å². The monoisotopic (exact) mass is 358 g/mol. The molecule has 0 unspecified atom stereocenters. The number of rotatable bonds is 6. The normalized spacial score (nSPS) is 19.6. The van der Waals surface area contributed by atoms with Crippen molar-refractivity contribution in [2.45, 2.75) is 24.9 Å². The number of benzene rings is 1. The van der Waals surface area contributed by atoms with E-state index in [1.807, 2.05) is 4.90 Å². The van der Waals surface area contributed by atoms with Gasteiger partial charge in [-0.05, 0) is 36.6 Å². The highest BCUT2D eigenvalue weighted by molar-refractivity contribution is 5.76. The summed E-state index contributed by atoms with van der Waals surface area (Å²) in [5.41, 5.74) is -0.0559. The smallest absolute Gasteiger partial charge is 0.225 e. The molecule has 0 saturated carbocycles. The SMILES string of the molecule is CN(C[C@@]1(O)CCN(c2ncccn2)C1)C(=O)CCc1ccc(F)cc1. The second-order valence-electron chi connectivity index (χ2n) is 6.82. The summed E-state index contributed by atoms with van der Waals surface area (Å²) in [5, 5.41) is 10.8. The van der Waals surface area contributed by atoms with E-state index in [0.717, 1.165) is 5.56 Å². The second kappa shape index (κ2) is 7.78. The second-order valence-corrected chi connectivity index (χ2v) is 6.82. The molecule has 1 N–H and O–H groups in total. The Morgan fingerprint density at radius 1 is 1.31 bits per heavy atom. The van der Waals surface area contributed by atoms with Gasteiger partial charge in [0.25, 0.3) is 0 Å². The lowest BCUT2D eigenvalue weighted by molar-refractivity contribution is -0.132. The minimum absolute atomic E-state index is 0.0443. The van der Waals surface area contributed by atoms with Crippen LogP contribution in [0.3, 0.4) is 0 Å². The Kier molecular flexibility index (Phi) is 5.46. The van der Waals surface area contributed by atoms with Crippen LogP contribution in [0.25, 0.3) is 0 Å². The van der Waals surface area contributed by atoms with E-state index in [-0.39, 0.29) is 18.3 Å². The van der Waals surface area contributed by atoms with Gasteiger partial charge in [-0.25, -0.2) is 14.4 Å². The maximum Gasteiger partial charge on any atom is 0.225 e. The Balaban J connectivity index is 1.51. The Hall–Kier alpha value is -2.54. The van der Waals surface area contributed by atoms with Crippen molar-refractivity contribution >= 4 is 11.9 Å². The van der Waals surface area contributed by atoms with Gasteiger partial charge in [-0.15, -0.1) is 0 Å². The fraction of sp³-hybridized carbons (Fsp3) is 0.421. The lowest BCUT2D eigenvalue weighted by Gasteiger charge is -2.29. The first-order chi connectivity index (χ1) is 12.5. The van der Waals surface area contributed by atoms with E-state index in [1.54, 1.807) is 42.5 Å². The number of nitrogens with zero attached hydrogens (tertiary/aromatic N) is 4. The predicted molar refractivity (Wildman–Crippen MR) is 96.2 cm³/mol. The Labute approximate surface area is 152 Å². The molecule has 6 nitrogen and oxygen atoms in total. The molecule has 1 aromatic carbocycles. The van der Waals surface area contributed by atoms with Crippen molar-refractivity contribution in [3.8, 4) is 0 Å². The number of aliphatic hydroxyl groups is 1. The number of halogens is 1. The number of amides is 1. The molecule has 2 heterocycles. The third-order valence-corrected chi connectivity index (χ3v) is 4.67. The highest BCUT2D eigenvalue weighted by atomic mass is 19.1. The molecule has 138 valence electrons. The molecule has 2 aromatic rings. The van der Waals surface area contributed by atoms with Crippen LogP contribution in [0.2, 0.25) is 0 Å². The maximum atomic E-state index is 12.9. The first kappa shape index (κ1) is 18.3. The van der Waals surface area contributed by atoms with E-state index in [9.17, 15) is 14.3 Å². The number of hydrogen-bond acceptors (Lipinski definition) is 5. The summed E-state index contributed by atoms with van der Waals surface area (Å²) in [7, 11) is 1.70. The molecule has 3 rings (SSSR count). The van der Waals surface area contributed by atoms with Gasteiger partial charge in [-0.1, -0.05) is 12.1 Å². The maximum absolute atomic E-state index is 12.9. The lowest BCUT2D eigenvalue weighted by Crippen LogP contribution is -2.46. The Morgan fingerprint density at radius 3 is 2.69 bits per heavy atom. The summed E-state index contributed by atoms with van der Waals surface area (Å²) >= 11 is 0. The van der Waals surface area contributed by atoms with Crippen LogP contribution in [-0.2, 0) is 11.2 Å². The van der Waals surface area contributed by atoms with Gasteiger partial charge in [0.05, 0.1) is 13.1 Å². The minimum Gasteiger partial charge on any atom is -0.386 e. The van der Waals surface area contributed by atoms with Crippen LogP contribution >= 0.6 is 0 Å². The number of aromatic nitrogens is 2. The van der Waals surface area contributed by atoms with Crippen LogP contribution in [0.1, 0.15) is 18.4 Å². The highest BCUT2D eigenvalue weighted by Gasteiger charge is 2.38. The zero-order chi connectivity index (χ0) is 18.6. The number of hydrogen-bond donors (Lipinski definition) is 1. The summed E-state index contributed by atoms with van der Waals surface area (Å²) in [6.07, 6.45) is 4.77. The molecule has 0 aliphatic carbocycles.